The number of halogens is 1. The van der Waals surface area contributed by atoms with Crippen molar-refractivity contribution in [3.63, 3.8) is 0 Å². The molecule has 0 spiro atoms. The van der Waals surface area contributed by atoms with Gasteiger partial charge in [-0.05, 0) is 17.7 Å². The van der Waals surface area contributed by atoms with E-state index in [0.29, 0.717) is 31.7 Å². The fraction of sp³-hybridized carbons (Fsp3) is 0.294. The lowest BCUT2D eigenvalue weighted by molar-refractivity contribution is 0.0697. The average Bonchev–Trinajstić information content (AvgIpc) is 2.62. The van der Waals surface area contributed by atoms with Crippen molar-refractivity contribution in [3.05, 3.63) is 64.9 Å². The molecule has 0 saturated carbocycles. The lowest BCUT2D eigenvalue weighted by atomic mass is 10.2. The minimum atomic E-state index is -3.39. The number of carbonyl (C=O) groups excluding carboxylic acids is 1. The van der Waals surface area contributed by atoms with Gasteiger partial charge in [-0.3, -0.25) is 4.79 Å². The number of amides is 1. The van der Waals surface area contributed by atoms with E-state index in [0.717, 1.165) is 5.56 Å². The second kappa shape index (κ2) is 7.51. The summed E-state index contributed by atoms with van der Waals surface area (Å²) in [6, 6.07) is 12.2. The molecule has 1 aliphatic heterocycles. The number of pyridine rings is 1. The maximum atomic E-state index is 12.5. The lowest BCUT2D eigenvalue weighted by Crippen LogP contribution is -2.50. The summed E-state index contributed by atoms with van der Waals surface area (Å²) in [4.78, 5) is 18.0. The van der Waals surface area contributed by atoms with Gasteiger partial charge in [-0.15, -0.1) is 0 Å². The van der Waals surface area contributed by atoms with Gasteiger partial charge < -0.3 is 4.90 Å². The molecule has 0 aliphatic carbocycles. The van der Waals surface area contributed by atoms with Crippen molar-refractivity contribution < 1.29 is 13.2 Å². The van der Waals surface area contributed by atoms with Crippen molar-refractivity contribution >= 4 is 27.5 Å². The summed E-state index contributed by atoms with van der Waals surface area (Å²) in [5, 5.41) is 0.259. The number of benzene rings is 1. The van der Waals surface area contributed by atoms with Crippen LogP contribution in [0.2, 0.25) is 5.15 Å². The molecular formula is C17H18ClN3O3S. The maximum Gasteiger partial charge on any atom is 0.254 e. The molecule has 6 nitrogen and oxygen atoms in total. The Balaban J connectivity index is 1.62. The van der Waals surface area contributed by atoms with Crippen LogP contribution in [0.25, 0.3) is 0 Å². The van der Waals surface area contributed by atoms with Gasteiger partial charge in [0, 0.05) is 37.9 Å². The second-order valence-corrected chi connectivity index (χ2v) is 8.16. The van der Waals surface area contributed by atoms with Crippen LogP contribution in [-0.4, -0.2) is 54.7 Å². The lowest BCUT2D eigenvalue weighted by Gasteiger charge is -2.34. The third kappa shape index (κ3) is 4.36. The van der Waals surface area contributed by atoms with Crippen molar-refractivity contribution in [2.24, 2.45) is 0 Å². The summed E-state index contributed by atoms with van der Waals surface area (Å²) in [6.07, 6.45) is 1.48. The Labute approximate surface area is 152 Å². The fourth-order valence-electron chi connectivity index (χ4n) is 2.76. The molecule has 1 fully saturated rings. The van der Waals surface area contributed by atoms with Gasteiger partial charge in [0.2, 0.25) is 10.0 Å². The summed E-state index contributed by atoms with van der Waals surface area (Å²) in [6.45, 7) is 1.29. The molecule has 0 radical (unpaired) electrons. The van der Waals surface area contributed by atoms with E-state index >= 15 is 0 Å². The summed E-state index contributed by atoms with van der Waals surface area (Å²) in [7, 11) is -3.39. The number of hydrogen-bond acceptors (Lipinski definition) is 4. The van der Waals surface area contributed by atoms with Crippen LogP contribution in [0.15, 0.2) is 48.7 Å². The number of piperazine rings is 1. The van der Waals surface area contributed by atoms with Gasteiger partial charge >= 0.3 is 0 Å². The van der Waals surface area contributed by atoms with Crippen LogP contribution >= 0.6 is 11.6 Å². The highest BCUT2D eigenvalue weighted by atomic mass is 35.5. The molecule has 8 heteroatoms. The van der Waals surface area contributed by atoms with E-state index < -0.39 is 10.0 Å². The zero-order valence-corrected chi connectivity index (χ0v) is 15.1. The summed E-state index contributed by atoms with van der Waals surface area (Å²) < 4.78 is 26.5. The van der Waals surface area contributed by atoms with Crippen molar-refractivity contribution in [1.82, 2.24) is 14.2 Å². The van der Waals surface area contributed by atoms with Gasteiger partial charge in [-0.25, -0.2) is 13.4 Å². The fourth-order valence-corrected chi connectivity index (χ4v) is 4.45. The standard InChI is InChI=1S/C17H18ClN3O3S/c18-16-12-15(6-7-19-16)17(22)20-8-10-21(11-9-20)25(23,24)13-14-4-2-1-3-5-14/h1-7,12H,8-11,13H2. The molecule has 1 aromatic carbocycles. The first-order valence-electron chi connectivity index (χ1n) is 7.88. The van der Waals surface area contributed by atoms with Gasteiger partial charge in [-0.1, -0.05) is 41.9 Å². The van der Waals surface area contributed by atoms with Gasteiger partial charge in [0.1, 0.15) is 5.15 Å². The molecule has 1 aromatic heterocycles. The zero-order valence-electron chi connectivity index (χ0n) is 13.5. The molecule has 1 amide bonds. The number of rotatable bonds is 4. The molecule has 0 bridgehead atoms. The minimum Gasteiger partial charge on any atom is -0.336 e. The highest BCUT2D eigenvalue weighted by Crippen LogP contribution is 2.16. The van der Waals surface area contributed by atoms with Crippen molar-refractivity contribution in [1.29, 1.82) is 0 Å². The molecule has 2 aromatic rings. The first-order chi connectivity index (χ1) is 12.0. The molecule has 1 aliphatic rings. The molecule has 25 heavy (non-hydrogen) atoms. The first-order valence-corrected chi connectivity index (χ1v) is 9.87. The highest BCUT2D eigenvalue weighted by Gasteiger charge is 2.29. The smallest absolute Gasteiger partial charge is 0.254 e. The van der Waals surface area contributed by atoms with E-state index in [9.17, 15) is 13.2 Å². The normalized spacial score (nSPS) is 16.0. The van der Waals surface area contributed by atoms with Crippen LogP contribution in [0.1, 0.15) is 15.9 Å². The topological polar surface area (TPSA) is 70.6 Å². The highest BCUT2D eigenvalue weighted by molar-refractivity contribution is 7.88. The number of sulfonamides is 1. The van der Waals surface area contributed by atoms with E-state index in [1.165, 1.54) is 16.6 Å². The predicted molar refractivity (Wildman–Crippen MR) is 95.8 cm³/mol. The first kappa shape index (κ1) is 17.8. The zero-order chi connectivity index (χ0) is 17.9. The molecule has 0 unspecified atom stereocenters. The molecule has 132 valence electrons. The molecule has 0 atom stereocenters. The van der Waals surface area contributed by atoms with E-state index in [4.69, 9.17) is 11.6 Å². The van der Waals surface area contributed by atoms with Crippen molar-refractivity contribution in [2.75, 3.05) is 26.2 Å². The predicted octanol–water partition coefficient (Wildman–Crippen LogP) is 2.02. The molecule has 3 rings (SSSR count). The van der Waals surface area contributed by atoms with Gasteiger partial charge in [0.15, 0.2) is 0 Å². The van der Waals surface area contributed by atoms with Crippen LogP contribution in [0.4, 0.5) is 0 Å². The van der Waals surface area contributed by atoms with Gasteiger partial charge in [-0.2, -0.15) is 4.31 Å². The number of carbonyl (C=O) groups is 1. The number of aromatic nitrogens is 1. The van der Waals surface area contributed by atoms with Crippen molar-refractivity contribution in [2.45, 2.75) is 5.75 Å². The molecule has 1 saturated heterocycles. The minimum absolute atomic E-state index is 0.0260. The van der Waals surface area contributed by atoms with Crippen LogP contribution in [0.3, 0.4) is 0 Å². The molecule has 2 heterocycles. The second-order valence-electron chi connectivity index (χ2n) is 5.80. The largest absolute Gasteiger partial charge is 0.336 e. The van der Waals surface area contributed by atoms with Crippen LogP contribution in [0.5, 0.6) is 0 Å². The monoisotopic (exact) mass is 379 g/mol. The third-order valence-electron chi connectivity index (χ3n) is 4.08. The Morgan fingerprint density at radius 3 is 2.40 bits per heavy atom. The Kier molecular flexibility index (Phi) is 5.36. The quantitative estimate of drug-likeness (QED) is 0.762. The number of hydrogen-bond donors (Lipinski definition) is 0. The van der Waals surface area contributed by atoms with Gasteiger partial charge in [0.25, 0.3) is 5.91 Å². The Hall–Kier alpha value is -1.96. The summed E-state index contributed by atoms with van der Waals surface area (Å²) in [5.74, 6) is -0.189. The van der Waals surface area contributed by atoms with E-state index in [-0.39, 0.29) is 16.8 Å². The molecule has 0 N–H and O–H groups in total. The third-order valence-corrected chi connectivity index (χ3v) is 6.14. The Morgan fingerprint density at radius 2 is 1.76 bits per heavy atom. The van der Waals surface area contributed by atoms with E-state index in [1.54, 1.807) is 23.1 Å². The summed E-state index contributed by atoms with van der Waals surface area (Å²) in [5.41, 5.74) is 1.22. The van der Waals surface area contributed by atoms with Crippen LogP contribution in [0, 0.1) is 0 Å². The Bertz CT molecular complexity index is 850. The van der Waals surface area contributed by atoms with Crippen molar-refractivity contribution in [3.8, 4) is 0 Å². The van der Waals surface area contributed by atoms with Crippen LogP contribution in [-0.2, 0) is 15.8 Å². The van der Waals surface area contributed by atoms with Crippen LogP contribution < -0.4 is 0 Å². The average molecular weight is 380 g/mol. The SMILES string of the molecule is O=C(c1ccnc(Cl)c1)N1CCN(S(=O)(=O)Cc2ccccc2)CC1. The van der Waals surface area contributed by atoms with E-state index in [2.05, 4.69) is 4.98 Å². The maximum absolute atomic E-state index is 12.5. The Morgan fingerprint density at radius 1 is 1.08 bits per heavy atom. The van der Waals surface area contributed by atoms with Gasteiger partial charge in [0.05, 0.1) is 5.75 Å². The summed E-state index contributed by atoms with van der Waals surface area (Å²) >= 11 is 5.82. The molecular weight excluding hydrogens is 362 g/mol. The van der Waals surface area contributed by atoms with E-state index in [1.807, 2.05) is 18.2 Å². The number of nitrogens with zero attached hydrogens (tertiary/aromatic N) is 3.